The van der Waals surface area contributed by atoms with Crippen LogP contribution in [0, 0.1) is 25.7 Å². The van der Waals surface area contributed by atoms with Crippen LogP contribution in [-0.2, 0) is 6.54 Å². The van der Waals surface area contributed by atoms with Gasteiger partial charge in [-0.2, -0.15) is 5.10 Å². The van der Waals surface area contributed by atoms with E-state index in [2.05, 4.69) is 44.3 Å². The van der Waals surface area contributed by atoms with Crippen molar-refractivity contribution < 1.29 is 0 Å². The molecule has 0 spiro atoms. The fourth-order valence-electron chi connectivity index (χ4n) is 4.60. The second kappa shape index (κ2) is 7.71. The van der Waals surface area contributed by atoms with Gasteiger partial charge in [0.2, 0.25) is 0 Å². The lowest BCUT2D eigenvalue weighted by atomic mass is 9.82. The summed E-state index contributed by atoms with van der Waals surface area (Å²) in [5.74, 6) is 3.60. The highest BCUT2D eigenvalue weighted by Crippen LogP contribution is 2.35. The first-order valence-corrected chi connectivity index (χ1v) is 10.1. The molecule has 2 atom stereocenters. The summed E-state index contributed by atoms with van der Waals surface area (Å²) in [6.45, 7) is 7.10. The lowest BCUT2D eigenvalue weighted by molar-refractivity contribution is 0.299. The number of aliphatic imine (C=N–C) groups is 1. The highest BCUT2D eigenvalue weighted by molar-refractivity contribution is 5.80. The maximum absolute atomic E-state index is 4.59. The number of pyridine rings is 1. The van der Waals surface area contributed by atoms with Crippen LogP contribution in [0.25, 0.3) is 5.82 Å². The number of rotatable bonds is 3. The van der Waals surface area contributed by atoms with Gasteiger partial charge in [0.15, 0.2) is 11.8 Å². The molecule has 1 aliphatic heterocycles. The van der Waals surface area contributed by atoms with Crippen LogP contribution in [0.4, 0.5) is 0 Å². The second-order valence-corrected chi connectivity index (χ2v) is 7.97. The van der Waals surface area contributed by atoms with Gasteiger partial charge in [0.25, 0.3) is 0 Å². The average Bonchev–Trinajstić information content (AvgIpc) is 3.25. The zero-order valence-corrected chi connectivity index (χ0v) is 16.6. The summed E-state index contributed by atoms with van der Waals surface area (Å²) < 4.78 is 1.89. The van der Waals surface area contributed by atoms with Crippen molar-refractivity contribution in [2.45, 2.75) is 46.1 Å². The fourth-order valence-corrected chi connectivity index (χ4v) is 4.60. The van der Waals surface area contributed by atoms with Gasteiger partial charge in [-0.3, -0.25) is 4.99 Å². The molecule has 3 heterocycles. The zero-order chi connectivity index (χ0) is 18.8. The molecule has 1 saturated carbocycles. The molecule has 2 fully saturated rings. The van der Waals surface area contributed by atoms with Gasteiger partial charge in [-0.15, -0.1) is 0 Å². The molecule has 1 aliphatic carbocycles. The van der Waals surface area contributed by atoms with Crippen molar-refractivity contribution in [2.75, 3.05) is 20.1 Å². The van der Waals surface area contributed by atoms with Crippen molar-refractivity contribution in [1.82, 2.24) is 25.0 Å². The van der Waals surface area contributed by atoms with E-state index in [1.54, 1.807) is 0 Å². The highest BCUT2D eigenvalue weighted by Gasteiger charge is 2.35. The summed E-state index contributed by atoms with van der Waals surface area (Å²) in [7, 11) is 1.88. The molecule has 0 amide bonds. The predicted molar refractivity (Wildman–Crippen MR) is 108 cm³/mol. The van der Waals surface area contributed by atoms with Crippen molar-refractivity contribution in [3.05, 3.63) is 41.3 Å². The summed E-state index contributed by atoms with van der Waals surface area (Å²) in [6.07, 6.45) is 7.49. The number of fused-ring (bicyclic) bond motifs is 1. The van der Waals surface area contributed by atoms with Crippen LogP contribution < -0.4 is 5.32 Å². The van der Waals surface area contributed by atoms with Crippen LogP contribution in [0.1, 0.15) is 42.6 Å². The molecule has 0 bridgehead atoms. The van der Waals surface area contributed by atoms with E-state index in [9.17, 15) is 0 Å². The summed E-state index contributed by atoms with van der Waals surface area (Å²) in [4.78, 5) is 11.6. The number of guanidine groups is 1. The lowest BCUT2D eigenvalue weighted by Gasteiger charge is -2.22. The summed E-state index contributed by atoms with van der Waals surface area (Å²) in [5.41, 5.74) is 3.26. The minimum absolute atomic E-state index is 0.739. The zero-order valence-electron chi connectivity index (χ0n) is 16.6. The van der Waals surface area contributed by atoms with Crippen molar-refractivity contribution in [3.63, 3.8) is 0 Å². The van der Waals surface area contributed by atoms with Crippen molar-refractivity contribution in [1.29, 1.82) is 0 Å². The van der Waals surface area contributed by atoms with Gasteiger partial charge in [-0.1, -0.05) is 18.9 Å². The Bertz CT molecular complexity index is 793. The third-order valence-electron chi connectivity index (χ3n) is 5.97. The number of hydrogen-bond donors (Lipinski definition) is 1. The van der Waals surface area contributed by atoms with Gasteiger partial charge >= 0.3 is 0 Å². The minimum Gasteiger partial charge on any atom is -0.352 e. The molecule has 2 aromatic rings. The Morgan fingerprint density at radius 2 is 1.93 bits per heavy atom. The molecule has 2 aromatic heterocycles. The van der Waals surface area contributed by atoms with Gasteiger partial charge in [-0.05, 0) is 56.2 Å². The molecule has 0 radical (unpaired) electrons. The van der Waals surface area contributed by atoms with E-state index in [0.29, 0.717) is 0 Å². The van der Waals surface area contributed by atoms with Crippen LogP contribution >= 0.6 is 0 Å². The molecule has 6 nitrogen and oxygen atoms in total. The number of aromatic nitrogens is 3. The summed E-state index contributed by atoms with van der Waals surface area (Å²) in [5, 5.41) is 8.02. The van der Waals surface area contributed by atoms with E-state index in [1.165, 1.54) is 25.7 Å². The monoisotopic (exact) mass is 366 g/mol. The Morgan fingerprint density at radius 1 is 1.19 bits per heavy atom. The molecule has 27 heavy (non-hydrogen) atoms. The molecule has 1 saturated heterocycles. The van der Waals surface area contributed by atoms with Crippen LogP contribution in [0.2, 0.25) is 0 Å². The maximum atomic E-state index is 4.59. The van der Waals surface area contributed by atoms with Crippen LogP contribution in [-0.4, -0.2) is 45.8 Å². The molecule has 2 unspecified atom stereocenters. The summed E-state index contributed by atoms with van der Waals surface area (Å²) >= 11 is 0. The molecule has 4 rings (SSSR count). The van der Waals surface area contributed by atoms with Gasteiger partial charge in [0.05, 0.1) is 5.69 Å². The molecule has 144 valence electrons. The number of likely N-dealkylation sites (tertiary alicyclic amines) is 1. The number of nitrogens with zero attached hydrogens (tertiary/aromatic N) is 5. The Balaban J connectivity index is 1.37. The Labute approximate surface area is 161 Å². The Kier molecular flexibility index (Phi) is 5.14. The minimum atomic E-state index is 0.739. The number of nitrogens with one attached hydrogen (secondary N) is 1. The van der Waals surface area contributed by atoms with Crippen molar-refractivity contribution in [2.24, 2.45) is 16.8 Å². The quantitative estimate of drug-likeness (QED) is 0.670. The second-order valence-electron chi connectivity index (χ2n) is 7.97. The van der Waals surface area contributed by atoms with E-state index in [1.807, 2.05) is 30.9 Å². The maximum Gasteiger partial charge on any atom is 0.193 e. The topological polar surface area (TPSA) is 58.3 Å². The van der Waals surface area contributed by atoms with E-state index in [4.69, 9.17) is 0 Å². The molecule has 0 aromatic carbocycles. The number of aryl methyl sites for hydroxylation is 2. The van der Waals surface area contributed by atoms with E-state index >= 15 is 0 Å². The van der Waals surface area contributed by atoms with E-state index in [-0.39, 0.29) is 0 Å². The number of hydrogen-bond acceptors (Lipinski definition) is 3. The SMILES string of the molecule is CN=C(NCc1ccc(-n2nc(C)cc2C)nc1)N1CC2CCCCC2C1. The van der Waals surface area contributed by atoms with Crippen molar-refractivity contribution >= 4 is 5.96 Å². The molecular formula is C21H30N6. The molecule has 6 heteroatoms. The first kappa shape index (κ1) is 18.0. The lowest BCUT2D eigenvalue weighted by Crippen LogP contribution is -2.39. The van der Waals surface area contributed by atoms with Crippen LogP contribution in [0.3, 0.4) is 0 Å². The van der Waals surface area contributed by atoms with Crippen LogP contribution in [0.5, 0.6) is 0 Å². The first-order valence-electron chi connectivity index (χ1n) is 10.1. The normalized spacial score (nSPS) is 22.8. The Morgan fingerprint density at radius 3 is 2.48 bits per heavy atom. The third-order valence-corrected chi connectivity index (χ3v) is 5.97. The predicted octanol–water partition coefficient (Wildman–Crippen LogP) is 3.08. The van der Waals surface area contributed by atoms with E-state index < -0.39 is 0 Å². The largest absolute Gasteiger partial charge is 0.352 e. The van der Waals surface area contributed by atoms with Gasteiger partial charge < -0.3 is 10.2 Å². The third kappa shape index (κ3) is 3.84. The summed E-state index contributed by atoms with van der Waals surface area (Å²) in [6, 6.07) is 6.21. The van der Waals surface area contributed by atoms with Crippen LogP contribution in [0.15, 0.2) is 29.4 Å². The fraction of sp³-hybridized carbons (Fsp3) is 0.571. The standard InChI is InChI=1S/C21H30N6/c1-15-10-16(2)27(25-15)20-9-8-17(11-23-20)12-24-21(22-3)26-13-18-6-4-5-7-19(18)14-26/h8-11,18-19H,4-7,12-14H2,1-3H3,(H,22,24). The van der Waals surface area contributed by atoms with Gasteiger partial charge in [0.1, 0.15) is 0 Å². The van der Waals surface area contributed by atoms with Crippen molar-refractivity contribution in [3.8, 4) is 5.82 Å². The van der Waals surface area contributed by atoms with Gasteiger partial charge in [0, 0.05) is 38.6 Å². The molecule has 1 N–H and O–H groups in total. The van der Waals surface area contributed by atoms with Gasteiger partial charge in [-0.25, -0.2) is 9.67 Å². The Hall–Kier alpha value is -2.37. The van der Waals surface area contributed by atoms with E-state index in [0.717, 1.165) is 60.2 Å². The first-order chi connectivity index (χ1) is 13.1. The smallest absolute Gasteiger partial charge is 0.193 e. The molecular weight excluding hydrogens is 336 g/mol. The highest BCUT2D eigenvalue weighted by atomic mass is 15.3. The average molecular weight is 367 g/mol. The molecule has 2 aliphatic rings.